The molecular weight excluding hydrogens is 210 g/mol. The molecule has 1 aromatic rings. The van der Waals surface area contributed by atoms with Gasteiger partial charge in [-0.2, -0.15) is 0 Å². The van der Waals surface area contributed by atoms with Crippen molar-refractivity contribution in [3.8, 4) is 0 Å². The van der Waals surface area contributed by atoms with E-state index in [-0.39, 0.29) is 0 Å². The average Bonchev–Trinajstić information content (AvgIpc) is 2.86. The fraction of sp³-hybridized carbons (Fsp3) is 0.714. The maximum absolute atomic E-state index is 4.75. The maximum Gasteiger partial charge on any atom is 0.131 e. The highest BCUT2D eigenvalue weighted by atomic mass is 15.0. The molecule has 1 aromatic heterocycles. The molecule has 1 saturated carbocycles. The molecule has 1 N–H and O–H groups in total. The number of rotatable bonds is 2. The van der Waals surface area contributed by atoms with Crippen molar-refractivity contribution in [1.29, 1.82) is 0 Å². The molecule has 0 aromatic carbocycles. The van der Waals surface area contributed by atoms with E-state index in [1.807, 2.05) is 6.20 Å². The second-order valence-corrected chi connectivity index (χ2v) is 5.43. The van der Waals surface area contributed by atoms with Crippen LogP contribution in [0.15, 0.2) is 6.20 Å². The summed E-state index contributed by atoms with van der Waals surface area (Å²) >= 11 is 0. The predicted octanol–water partition coefficient (Wildman–Crippen LogP) is 2.76. The second-order valence-electron chi connectivity index (χ2n) is 5.43. The number of hydrogen-bond acceptors (Lipinski definition) is 3. The molecule has 1 fully saturated rings. The highest BCUT2D eigenvalue weighted by molar-refractivity contribution is 5.22. The van der Waals surface area contributed by atoms with Crippen molar-refractivity contribution in [3.63, 3.8) is 0 Å². The van der Waals surface area contributed by atoms with E-state index in [1.165, 1.54) is 43.4 Å². The standard InChI is InChI=1S/C14H21N3/c1-2-10-3-5-11(6-4-10)14-16-8-12-7-15-9-13(12)17-14/h8,10-11,15H,2-7,9H2,1H3. The fourth-order valence-electron chi connectivity index (χ4n) is 3.10. The van der Waals surface area contributed by atoms with Crippen molar-refractivity contribution in [2.45, 2.75) is 58.0 Å². The predicted molar refractivity (Wildman–Crippen MR) is 67.6 cm³/mol. The number of nitrogens with one attached hydrogen (secondary N) is 1. The number of aromatic nitrogens is 2. The van der Waals surface area contributed by atoms with E-state index >= 15 is 0 Å². The fourth-order valence-corrected chi connectivity index (χ4v) is 3.10. The lowest BCUT2D eigenvalue weighted by atomic mass is 9.80. The van der Waals surface area contributed by atoms with Crippen molar-refractivity contribution in [2.24, 2.45) is 5.92 Å². The van der Waals surface area contributed by atoms with E-state index in [0.717, 1.165) is 24.8 Å². The van der Waals surface area contributed by atoms with Crippen molar-refractivity contribution in [1.82, 2.24) is 15.3 Å². The van der Waals surface area contributed by atoms with Gasteiger partial charge in [0.25, 0.3) is 0 Å². The van der Waals surface area contributed by atoms with Gasteiger partial charge >= 0.3 is 0 Å². The first-order valence-electron chi connectivity index (χ1n) is 6.92. The summed E-state index contributed by atoms with van der Waals surface area (Å²) in [4.78, 5) is 9.33. The Kier molecular flexibility index (Phi) is 3.10. The van der Waals surface area contributed by atoms with Crippen LogP contribution in [0.3, 0.4) is 0 Å². The van der Waals surface area contributed by atoms with E-state index in [0.29, 0.717) is 5.92 Å². The highest BCUT2D eigenvalue weighted by Gasteiger charge is 2.24. The van der Waals surface area contributed by atoms with Crippen molar-refractivity contribution in [2.75, 3.05) is 0 Å². The van der Waals surface area contributed by atoms with E-state index in [2.05, 4.69) is 17.2 Å². The molecule has 0 atom stereocenters. The average molecular weight is 231 g/mol. The van der Waals surface area contributed by atoms with E-state index in [1.54, 1.807) is 0 Å². The SMILES string of the molecule is CCC1CCC(c2ncc3c(n2)CNC3)CC1. The first-order valence-corrected chi connectivity index (χ1v) is 6.92. The summed E-state index contributed by atoms with van der Waals surface area (Å²) in [6.07, 6.45) is 8.65. The summed E-state index contributed by atoms with van der Waals surface area (Å²) in [5, 5.41) is 3.33. The smallest absolute Gasteiger partial charge is 0.131 e. The quantitative estimate of drug-likeness (QED) is 0.850. The molecule has 2 heterocycles. The van der Waals surface area contributed by atoms with Gasteiger partial charge in [0.2, 0.25) is 0 Å². The van der Waals surface area contributed by atoms with E-state index < -0.39 is 0 Å². The molecule has 0 unspecified atom stereocenters. The van der Waals surface area contributed by atoms with E-state index in [4.69, 9.17) is 4.98 Å². The van der Waals surface area contributed by atoms with Crippen LogP contribution in [-0.4, -0.2) is 9.97 Å². The van der Waals surface area contributed by atoms with Crippen molar-refractivity contribution < 1.29 is 0 Å². The van der Waals surface area contributed by atoms with Gasteiger partial charge in [-0.1, -0.05) is 13.3 Å². The Hall–Kier alpha value is -0.960. The number of nitrogens with zero attached hydrogens (tertiary/aromatic N) is 2. The van der Waals surface area contributed by atoms with Crippen LogP contribution in [0.5, 0.6) is 0 Å². The largest absolute Gasteiger partial charge is 0.307 e. The topological polar surface area (TPSA) is 37.8 Å². The lowest BCUT2D eigenvalue weighted by molar-refractivity contribution is 0.312. The Morgan fingerprint density at radius 2 is 2.06 bits per heavy atom. The normalized spacial score (nSPS) is 28.1. The molecule has 0 saturated heterocycles. The molecule has 92 valence electrons. The van der Waals surface area contributed by atoms with Crippen molar-refractivity contribution >= 4 is 0 Å². The molecular formula is C14H21N3. The molecule has 3 heteroatoms. The Morgan fingerprint density at radius 3 is 2.82 bits per heavy atom. The molecule has 0 amide bonds. The highest BCUT2D eigenvalue weighted by Crippen LogP contribution is 2.35. The van der Waals surface area contributed by atoms with Crippen LogP contribution in [0, 0.1) is 5.92 Å². The van der Waals surface area contributed by atoms with Gasteiger partial charge in [-0.3, -0.25) is 0 Å². The summed E-state index contributed by atoms with van der Waals surface area (Å²) in [6.45, 7) is 4.18. The van der Waals surface area contributed by atoms with Gasteiger partial charge in [0, 0.05) is 30.8 Å². The van der Waals surface area contributed by atoms with Crippen molar-refractivity contribution in [3.05, 3.63) is 23.3 Å². The second kappa shape index (κ2) is 4.73. The van der Waals surface area contributed by atoms with Crippen LogP contribution in [0.2, 0.25) is 0 Å². The minimum absolute atomic E-state index is 0.615. The Bertz CT molecular complexity index is 394. The molecule has 17 heavy (non-hydrogen) atoms. The molecule has 1 aliphatic heterocycles. The zero-order chi connectivity index (χ0) is 11.7. The first kappa shape index (κ1) is 11.1. The lowest BCUT2D eigenvalue weighted by Gasteiger charge is -2.26. The van der Waals surface area contributed by atoms with Gasteiger partial charge in [-0.15, -0.1) is 0 Å². The first-order chi connectivity index (χ1) is 8.36. The summed E-state index contributed by atoms with van der Waals surface area (Å²) in [5.41, 5.74) is 2.52. The summed E-state index contributed by atoms with van der Waals surface area (Å²) < 4.78 is 0. The van der Waals surface area contributed by atoms with Gasteiger partial charge in [0.15, 0.2) is 0 Å². The van der Waals surface area contributed by atoms with Gasteiger partial charge in [-0.05, 0) is 31.6 Å². The Morgan fingerprint density at radius 1 is 1.24 bits per heavy atom. The van der Waals surface area contributed by atoms with Gasteiger partial charge in [0.1, 0.15) is 5.82 Å². The molecule has 1 aliphatic carbocycles. The maximum atomic E-state index is 4.75. The van der Waals surface area contributed by atoms with Gasteiger partial charge in [-0.25, -0.2) is 9.97 Å². The minimum Gasteiger partial charge on any atom is -0.307 e. The Balaban J connectivity index is 1.72. The van der Waals surface area contributed by atoms with Crippen LogP contribution in [0.4, 0.5) is 0 Å². The van der Waals surface area contributed by atoms with Crippen LogP contribution >= 0.6 is 0 Å². The van der Waals surface area contributed by atoms with E-state index in [9.17, 15) is 0 Å². The molecule has 2 aliphatic rings. The van der Waals surface area contributed by atoms with Crippen LogP contribution in [-0.2, 0) is 13.1 Å². The molecule has 3 rings (SSSR count). The molecule has 0 spiro atoms. The third-order valence-corrected chi connectivity index (χ3v) is 4.37. The summed E-state index contributed by atoms with van der Waals surface area (Å²) in [6, 6.07) is 0. The summed E-state index contributed by atoms with van der Waals surface area (Å²) in [5.74, 6) is 2.66. The third kappa shape index (κ3) is 2.21. The van der Waals surface area contributed by atoms with Crippen LogP contribution in [0.1, 0.15) is 62.0 Å². The number of fused-ring (bicyclic) bond motifs is 1. The molecule has 0 bridgehead atoms. The van der Waals surface area contributed by atoms with Gasteiger partial charge < -0.3 is 5.32 Å². The Labute approximate surface area is 103 Å². The van der Waals surface area contributed by atoms with Crippen LogP contribution < -0.4 is 5.32 Å². The monoisotopic (exact) mass is 231 g/mol. The zero-order valence-electron chi connectivity index (χ0n) is 10.6. The van der Waals surface area contributed by atoms with Gasteiger partial charge in [0.05, 0.1) is 5.69 Å². The van der Waals surface area contributed by atoms with Crippen LogP contribution in [0.25, 0.3) is 0 Å². The zero-order valence-corrected chi connectivity index (χ0v) is 10.6. The third-order valence-electron chi connectivity index (χ3n) is 4.37. The molecule has 0 radical (unpaired) electrons. The number of hydrogen-bond donors (Lipinski definition) is 1. The molecule has 3 nitrogen and oxygen atoms in total. The summed E-state index contributed by atoms with van der Waals surface area (Å²) in [7, 11) is 0. The lowest BCUT2D eigenvalue weighted by Crippen LogP contribution is -2.15. The minimum atomic E-state index is 0.615.